The Morgan fingerprint density at radius 1 is 1.28 bits per heavy atom. The number of hydrogen-bond donors (Lipinski definition) is 1. The molecule has 0 bridgehead atoms. The van der Waals surface area contributed by atoms with E-state index in [0.717, 1.165) is 10.9 Å². The SMILES string of the molecule is CCOc1cccc2cc(C(=O)Nc3nc(-c4ccc([N+](=O)[O-])cc4)cs3)oc12. The maximum atomic E-state index is 12.6. The van der Waals surface area contributed by atoms with Gasteiger partial charge in [0, 0.05) is 28.5 Å². The first-order valence-electron chi connectivity index (χ1n) is 8.72. The van der Waals surface area contributed by atoms with Crippen LogP contribution in [-0.2, 0) is 0 Å². The van der Waals surface area contributed by atoms with Crippen molar-refractivity contribution in [2.45, 2.75) is 6.92 Å². The second-order valence-corrected chi connectivity index (χ2v) is 6.87. The molecule has 0 saturated carbocycles. The van der Waals surface area contributed by atoms with Crippen LogP contribution in [0.2, 0.25) is 0 Å². The van der Waals surface area contributed by atoms with Crippen LogP contribution >= 0.6 is 11.3 Å². The summed E-state index contributed by atoms with van der Waals surface area (Å²) in [5.74, 6) is 0.311. The zero-order chi connectivity index (χ0) is 20.4. The Hall–Kier alpha value is -3.72. The van der Waals surface area contributed by atoms with E-state index in [1.54, 1.807) is 29.6 Å². The van der Waals surface area contributed by atoms with Crippen LogP contribution in [0.1, 0.15) is 17.5 Å². The van der Waals surface area contributed by atoms with Crippen LogP contribution in [0.5, 0.6) is 5.75 Å². The number of non-ortho nitro benzene ring substituents is 1. The summed E-state index contributed by atoms with van der Waals surface area (Å²) in [6.07, 6.45) is 0. The largest absolute Gasteiger partial charge is 0.490 e. The second kappa shape index (κ2) is 7.72. The number of carbonyl (C=O) groups excluding carboxylic acids is 1. The molecule has 9 heteroatoms. The molecular weight excluding hydrogens is 394 g/mol. The summed E-state index contributed by atoms with van der Waals surface area (Å²) >= 11 is 1.25. The van der Waals surface area contributed by atoms with E-state index in [1.165, 1.54) is 23.5 Å². The lowest BCUT2D eigenvalue weighted by Crippen LogP contribution is -2.10. The fraction of sp³-hybridized carbons (Fsp3) is 0.100. The molecule has 0 aliphatic heterocycles. The monoisotopic (exact) mass is 409 g/mol. The third-order valence-electron chi connectivity index (χ3n) is 4.13. The minimum Gasteiger partial charge on any atom is -0.490 e. The Kier molecular flexibility index (Phi) is 4.96. The number of aromatic nitrogens is 1. The molecule has 146 valence electrons. The molecule has 8 nitrogen and oxygen atoms in total. The number of anilines is 1. The topological polar surface area (TPSA) is 108 Å². The van der Waals surface area contributed by atoms with Gasteiger partial charge in [0.05, 0.1) is 17.2 Å². The summed E-state index contributed by atoms with van der Waals surface area (Å²) in [7, 11) is 0. The van der Waals surface area contributed by atoms with E-state index in [0.29, 0.717) is 28.8 Å². The predicted octanol–water partition coefficient (Wildman–Crippen LogP) is 5.12. The average molecular weight is 409 g/mol. The summed E-state index contributed by atoms with van der Waals surface area (Å²) < 4.78 is 11.2. The average Bonchev–Trinajstić information content (AvgIpc) is 3.36. The molecule has 2 heterocycles. The molecule has 2 aromatic carbocycles. The van der Waals surface area contributed by atoms with Gasteiger partial charge in [-0.25, -0.2) is 4.98 Å². The molecule has 0 fully saturated rings. The van der Waals surface area contributed by atoms with E-state index < -0.39 is 10.8 Å². The molecule has 4 rings (SSSR count). The van der Waals surface area contributed by atoms with Crippen molar-refractivity contribution in [3.05, 3.63) is 69.8 Å². The van der Waals surface area contributed by atoms with Gasteiger partial charge in [-0.15, -0.1) is 11.3 Å². The quantitative estimate of drug-likeness (QED) is 0.350. The standard InChI is InChI=1S/C20H15N3O5S/c1-2-27-16-5-3-4-13-10-17(28-18(13)16)19(24)22-20-21-15(11-29-20)12-6-8-14(9-7-12)23(25)26/h3-11H,2H2,1H3,(H,21,22,24). The first-order chi connectivity index (χ1) is 14.0. The van der Waals surface area contributed by atoms with Gasteiger partial charge >= 0.3 is 0 Å². The van der Waals surface area contributed by atoms with Crippen molar-refractivity contribution >= 4 is 39.0 Å². The first-order valence-corrected chi connectivity index (χ1v) is 9.60. The van der Waals surface area contributed by atoms with Crippen LogP contribution in [0.15, 0.2) is 58.3 Å². The Morgan fingerprint density at radius 3 is 2.79 bits per heavy atom. The summed E-state index contributed by atoms with van der Waals surface area (Å²) in [4.78, 5) is 27.2. The first kappa shape index (κ1) is 18.6. The van der Waals surface area contributed by atoms with E-state index in [2.05, 4.69) is 10.3 Å². The van der Waals surface area contributed by atoms with Gasteiger partial charge in [0.2, 0.25) is 0 Å². The van der Waals surface area contributed by atoms with Crippen LogP contribution in [0.3, 0.4) is 0 Å². The molecule has 0 saturated heterocycles. The third-order valence-corrected chi connectivity index (χ3v) is 4.89. The minimum atomic E-state index is -0.458. The molecule has 0 aliphatic carbocycles. The number of rotatable bonds is 6. The third kappa shape index (κ3) is 3.81. The number of fused-ring (bicyclic) bond motifs is 1. The Balaban J connectivity index is 1.53. The number of nitro benzene ring substituents is 1. The number of amides is 1. The molecule has 0 unspecified atom stereocenters. The normalized spacial score (nSPS) is 10.8. The fourth-order valence-corrected chi connectivity index (χ4v) is 3.51. The molecule has 4 aromatic rings. The number of nitrogens with zero attached hydrogens (tertiary/aromatic N) is 2. The van der Waals surface area contributed by atoms with Gasteiger partial charge < -0.3 is 9.15 Å². The molecular formula is C20H15N3O5S. The summed E-state index contributed by atoms with van der Waals surface area (Å²) in [5, 5.41) is 16.4. The summed E-state index contributed by atoms with van der Waals surface area (Å²) in [5.41, 5.74) is 1.86. The molecule has 0 radical (unpaired) electrons. The molecule has 0 atom stereocenters. The van der Waals surface area contributed by atoms with Crippen LogP contribution in [-0.4, -0.2) is 22.4 Å². The lowest BCUT2D eigenvalue weighted by Gasteiger charge is -2.02. The lowest BCUT2D eigenvalue weighted by molar-refractivity contribution is -0.384. The molecule has 2 aromatic heterocycles. The van der Waals surface area contributed by atoms with E-state index in [9.17, 15) is 14.9 Å². The van der Waals surface area contributed by atoms with Gasteiger partial charge in [-0.05, 0) is 31.2 Å². The van der Waals surface area contributed by atoms with Crippen LogP contribution in [0, 0.1) is 10.1 Å². The van der Waals surface area contributed by atoms with Crippen molar-refractivity contribution in [1.29, 1.82) is 0 Å². The summed E-state index contributed by atoms with van der Waals surface area (Å²) in [6.45, 7) is 2.37. The number of para-hydroxylation sites is 1. The van der Waals surface area contributed by atoms with Gasteiger partial charge in [0.15, 0.2) is 22.2 Å². The summed E-state index contributed by atoms with van der Waals surface area (Å²) in [6, 6.07) is 13.2. The highest BCUT2D eigenvalue weighted by Gasteiger charge is 2.17. The van der Waals surface area contributed by atoms with Crippen molar-refractivity contribution in [2.75, 3.05) is 11.9 Å². The van der Waals surface area contributed by atoms with Gasteiger partial charge in [-0.1, -0.05) is 12.1 Å². The molecule has 0 spiro atoms. The van der Waals surface area contributed by atoms with Crippen molar-refractivity contribution in [3.8, 4) is 17.0 Å². The minimum absolute atomic E-state index is 0.00816. The maximum Gasteiger partial charge on any atom is 0.293 e. The van der Waals surface area contributed by atoms with Gasteiger partial charge in [0.25, 0.3) is 11.6 Å². The van der Waals surface area contributed by atoms with Crippen molar-refractivity contribution in [2.24, 2.45) is 0 Å². The molecule has 29 heavy (non-hydrogen) atoms. The van der Waals surface area contributed by atoms with Crippen LogP contribution < -0.4 is 10.1 Å². The fourth-order valence-electron chi connectivity index (χ4n) is 2.79. The van der Waals surface area contributed by atoms with Gasteiger partial charge in [-0.3, -0.25) is 20.2 Å². The highest BCUT2D eigenvalue weighted by molar-refractivity contribution is 7.14. The highest BCUT2D eigenvalue weighted by Crippen LogP contribution is 2.30. The number of furan rings is 1. The Labute approximate surface area is 168 Å². The van der Waals surface area contributed by atoms with Crippen molar-refractivity contribution in [1.82, 2.24) is 4.98 Å². The Bertz CT molecular complexity index is 1200. The molecule has 1 amide bonds. The predicted molar refractivity (Wildman–Crippen MR) is 110 cm³/mol. The molecule has 0 aliphatic rings. The molecule has 1 N–H and O–H groups in total. The van der Waals surface area contributed by atoms with E-state index in [-0.39, 0.29) is 11.4 Å². The number of nitro groups is 1. The van der Waals surface area contributed by atoms with E-state index >= 15 is 0 Å². The number of thiazole rings is 1. The number of carbonyl (C=O) groups is 1. The lowest BCUT2D eigenvalue weighted by atomic mass is 10.1. The number of benzene rings is 2. The van der Waals surface area contributed by atoms with E-state index in [1.807, 2.05) is 19.1 Å². The van der Waals surface area contributed by atoms with Crippen molar-refractivity contribution in [3.63, 3.8) is 0 Å². The van der Waals surface area contributed by atoms with Crippen LogP contribution in [0.25, 0.3) is 22.2 Å². The number of ether oxygens (including phenoxy) is 1. The highest BCUT2D eigenvalue weighted by atomic mass is 32.1. The number of hydrogen-bond acceptors (Lipinski definition) is 7. The maximum absolute atomic E-state index is 12.6. The Morgan fingerprint density at radius 2 is 2.07 bits per heavy atom. The van der Waals surface area contributed by atoms with E-state index in [4.69, 9.17) is 9.15 Å². The van der Waals surface area contributed by atoms with Gasteiger partial charge in [-0.2, -0.15) is 0 Å². The van der Waals surface area contributed by atoms with Crippen LogP contribution in [0.4, 0.5) is 10.8 Å². The van der Waals surface area contributed by atoms with Crippen molar-refractivity contribution < 1.29 is 18.9 Å². The van der Waals surface area contributed by atoms with Gasteiger partial charge in [0.1, 0.15) is 0 Å². The zero-order valence-electron chi connectivity index (χ0n) is 15.2. The number of nitrogens with one attached hydrogen (secondary N) is 1. The second-order valence-electron chi connectivity index (χ2n) is 6.01. The zero-order valence-corrected chi connectivity index (χ0v) is 16.1. The smallest absolute Gasteiger partial charge is 0.293 e.